The molecule has 0 radical (unpaired) electrons. The Kier molecular flexibility index (Phi) is 8.22. The van der Waals surface area contributed by atoms with Gasteiger partial charge in [-0.3, -0.25) is 19.2 Å². The van der Waals surface area contributed by atoms with Crippen LogP contribution in [0.4, 0.5) is 0 Å². The molecule has 1 fully saturated rings. The maximum Gasteiger partial charge on any atom is 0.246 e. The zero-order chi connectivity index (χ0) is 23.1. The molecule has 172 valence electrons. The number of carbonyl (C=O) groups excluding carboxylic acids is 2. The molecular weight excluding hydrogens is 402 g/mol. The number of benzene rings is 1. The first kappa shape index (κ1) is 23.7. The van der Waals surface area contributed by atoms with Crippen LogP contribution in [0.15, 0.2) is 30.3 Å². The molecule has 3 rings (SSSR count). The Morgan fingerprint density at radius 3 is 2.53 bits per heavy atom. The Morgan fingerprint density at radius 2 is 1.81 bits per heavy atom. The van der Waals surface area contributed by atoms with Crippen molar-refractivity contribution in [1.82, 2.24) is 24.9 Å². The van der Waals surface area contributed by atoms with Crippen LogP contribution < -0.4 is 5.32 Å². The maximum absolute atomic E-state index is 12.8. The van der Waals surface area contributed by atoms with Crippen molar-refractivity contribution >= 4 is 17.9 Å². The van der Waals surface area contributed by atoms with Gasteiger partial charge in [-0.2, -0.15) is 5.10 Å². The Labute approximate surface area is 191 Å². The predicted octanol–water partition coefficient (Wildman–Crippen LogP) is 2.54. The molecule has 0 atom stereocenters. The van der Waals surface area contributed by atoms with Gasteiger partial charge in [0.05, 0.1) is 18.8 Å². The summed E-state index contributed by atoms with van der Waals surface area (Å²) >= 11 is 0. The standard InChI is InChI=1S/C25H35N5O2/c1-5-26-24(31)18-28-13-6-14-29(16-15-28)25(32)12-11-23-20(3)27-30(21(23)4)17-22-9-7-19(2)8-10-22/h7-12H,5-6,13-18H2,1-4H3,(H,26,31). The van der Waals surface area contributed by atoms with Crippen LogP contribution in [0.5, 0.6) is 0 Å². The minimum atomic E-state index is 0.00921. The van der Waals surface area contributed by atoms with E-state index >= 15 is 0 Å². The lowest BCUT2D eigenvalue weighted by Crippen LogP contribution is -2.39. The van der Waals surface area contributed by atoms with Crippen molar-refractivity contribution in [2.45, 2.75) is 40.7 Å². The van der Waals surface area contributed by atoms with Crippen LogP contribution >= 0.6 is 0 Å². The monoisotopic (exact) mass is 437 g/mol. The molecule has 2 aromatic rings. The Balaban J connectivity index is 1.61. The van der Waals surface area contributed by atoms with E-state index in [0.717, 1.165) is 29.9 Å². The fourth-order valence-electron chi connectivity index (χ4n) is 4.04. The predicted molar refractivity (Wildman–Crippen MR) is 127 cm³/mol. The van der Waals surface area contributed by atoms with E-state index in [1.807, 2.05) is 36.4 Å². The summed E-state index contributed by atoms with van der Waals surface area (Å²) in [4.78, 5) is 28.7. The molecule has 1 aliphatic rings. The van der Waals surface area contributed by atoms with Gasteiger partial charge in [0.15, 0.2) is 0 Å². The van der Waals surface area contributed by atoms with E-state index in [9.17, 15) is 9.59 Å². The van der Waals surface area contributed by atoms with Gasteiger partial charge in [0, 0.05) is 50.1 Å². The quantitative estimate of drug-likeness (QED) is 0.676. The van der Waals surface area contributed by atoms with Gasteiger partial charge in [-0.05, 0) is 45.8 Å². The van der Waals surface area contributed by atoms with E-state index in [-0.39, 0.29) is 11.8 Å². The van der Waals surface area contributed by atoms with Crippen molar-refractivity contribution in [1.29, 1.82) is 0 Å². The minimum Gasteiger partial charge on any atom is -0.355 e. The zero-order valence-corrected chi connectivity index (χ0v) is 19.7. The molecule has 1 saturated heterocycles. The molecule has 2 amide bonds. The average Bonchev–Trinajstić information content (AvgIpc) is 2.91. The Morgan fingerprint density at radius 1 is 1.06 bits per heavy atom. The van der Waals surface area contributed by atoms with Gasteiger partial charge in [0.2, 0.25) is 11.8 Å². The summed E-state index contributed by atoms with van der Waals surface area (Å²) in [5.74, 6) is 0.0516. The third-order valence-corrected chi connectivity index (χ3v) is 5.92. The lowest BCUT2D eigenvalue weighted by molar-refractivity contribution is -0.125. The van der Waals surface area contributed by atoms with Crippen molar-refractivity contribution in [3.05, 3.63) is 58.4 Å². The van der Waals surface area contributed by atoms with Crippen molar-refractivity contribution < 1.29 is 9.59 Å². The van der Waals surface area contributed by atoms with Gasteiger partial charge in [0.1, 0.15) is 0 Å². The fraction of sp³-hybridized carbons (Fsp3) is 0.480. The fourth-order valence-corrected chi connectivity index (χ4v) is 4.04. The highest BCUT2D eigenvalue weighted by Crippen LogP contribution is 2.17. The van der Waals surface area contributed by atoms with E-state index in [1.165, 1.54) is 11.1 Å². The number of nitrogens with zero attached hydrogens (tertiary/aromatic N) is 4. The number of hydrogen-bond acceptors (Lipinski definition) is 4. The molecule has 0 unspecified atom stereocenters. The number of amides is 2. The second kappa shape index (κ2) is 11.1. The van der Waals surface area contributed by atoms with Crippen LogP contribution in [0.25, 0.3) is 6.08 Å². The molecule has 1 N–H and O–H groups in total. The summed E-state index contributed by atoms with van der Waals surface area (Å²) in [6.07, 6.45) is 4.42. The summed E-state index contributed by atoms with van der Waals surface area (Å²) in [6, 6.07) is 8.47. The average molecular weight is 438 g/mol. The van der Waals surface area contributed by atoms with Crippen molar-refractivity contribution in [3.8, 4) is 0 Å². The smallest absolute Gasteiger partial charge is 0.246 e. The van der Waals surface area contributed by atoms with Gasteiger partial charge < -0.3 is 10.2 Å². The summed E-state index contributed by atoms with van der Waals surface area (Å²) in [6.45, 7) is 12.7. The van der Waals surface area contributed by atoms with E-state index < -0.39 is 0 Å². The van der Waals surface area contributed by atoms with E-state index in [0.29, 0.717) is 39.3 Å². The highest BCUT2D eigenvalue weighted by Gasteiger charge is 2.19. The highest BCUT2D eigenvalue weighted by molar-refractivity contribution is 5.92. The van der Waals surface area contributed by atoms with Crippen LogP contribution in [0.2, 0.25) is 0 Å². The molecule has 32 heavy (non-hydrogen) atoms. The second-order valence-corrected chi connectivity index (χ2v) is 8.47. The first-order chi connectivity index (χ1) is 15.4. The summed E-state index contributed by atoms with van der Waals surface area (Å²) in [5.41, 5.74) is 5.41. The SMILES string of the molecule is CCNC(=O)CN1CCCN(C(=O)C=Cc2c(C)nn(Cc3ccc(C)cc3)c2C)CC1. The van der Waals surface area contributed by atoms with Crippen molar-refractivity contribution in [2.24, 2.45) is 0 Å². The van der Waals surface area contributed by atoms with E-state index in [1.54, 1.807) is 6.08 Å². The molecule has 1 aromatic carbocycles. The molecule has 0 spiro atoms. The van der Waals surface area contributed by atoms with Crippen LogP contribution in [-0.2, 0) is 16.1 Å². The third-order valence-electron chi connectivity index (χ3n) is 5.92. The minimum absolute atomic E-state index is 0.00921. The third kappa shape index (κ3) is 6.29. The van der Waals surface area contributed by atoms with Gasteiger partial charge in [-0.1, -0.05) is 29.8 Å². The molecule has 0 bridgehead atoms. The van der Waals surface area contributed by atoms with E-state index in [2.05, 4.69) is 46.5 Å². The zero-order valence-electron chi connectivity index (χ0n) is 19.7. The normalized spacial score (nSPS) is 15.2. The number of nitrogens with one attached hydrogen (secondary N) is 1. The van der Waals surface area contributed by atoms with Crippen LogP contribution in [0.1, 0.15) is 41.4 Å². The summed E-state index contributed by atoms with van der Waals surface area (Å²) < 4.78 is 2.00. The van der Waals surface area contributed by atoms with Crippen LogP contribution in [-0.4, -0.2) is 70.7 Å². The van der Waals surface area contributed by atoms with Crippen LogP contribution in [0, 0.1) is 20.8 Å². The molecule has 0 aliphatic carbocycles. The van der Waals surface area contributed by atoms with Gasteiger partial charge in [0.25, 0.3) is 0 Å². The van der Waals surface area contributed by atoms with Gasteiger partial charge >= 0.3 is 0 Å². The number of aryl methyl sites for hydroxylation is 2. The second-order valence-electron chi connectivity index (χ2n) is 8.47. The highest BCUT2D eigenvalue weighted by atomic mass is 16.2. The summed E-state index contributed by atoms with van der Waals surface area (Å²) in [5, 5.41) is 7.52. The topological polar surface area (TPSA) is 70.5 Å². The molecule has 1 aliphatic heterocycles. The molecular formula is C25H35N5O2. The van der Waals surface area contributed by atoms with Crippen molar-refractivity contribution in [2.75, 3.05) is 39.3 Å². The first-order valence-corrected chi connectivity index (χ1v) is 11.4. The Hall–Kier alpha value is -2.93. The lowest BCUT2D eigenvalue weighted by atomic mass is 10.1. The number of hydrogen-bond donors (Lipinski definition) is 1. The largest absolute Gasteiger partial charge is 0.355 e. The maximum atomic E-state index is 12.8. The van der Waals surface area contributed by atoms with Crippen molar-refractivity contribution in [3.63, 3.8) is 0 Å². The Bertz CT molecular complexity index is 961. The van der Waals surface area contributed by atoms with Gasteiger partial charge in [-0.15, -0.1) is 0 Å². The van der Waals surface area contributed by atoms with Crippen LogP contribution in [0.3, 0.4) is 0 Å². The van der Waals surface area contributed by atoms with Gasteiger partial charge in [-0.25, -0.2) is 0 Å². The molecule has 7 heteroatoms. The lowest BCUT2D eigenvalue weighted by Gasteiger charge is -2.20. The number of aromatic nitrogens is 2. The molecule has 0 saturated carbocycles. The molecule has 2 heterocycles. The number of likely N-dealkylation sites (N-methyl/N-ethyl adjacent to an activating group) is 1. The van der Waals surface area contributed by atoms with E-state index in [4.69, 9.17) is 0 Å². The molecule has 1 aromatic heterocycles. The number of carbonyl (C=O) groups is 2. The first-order valence-electron chi connectivity index (χ1n) is 11.4. The molecule has 7 nitrogen and oxygen atoms in total. The summed E-state index contributed by atoms with van der Waals surface area (Å²) in [7, 11) is 0. The number of rotatable bonds is 7.